The van der Waals surface area contributed by atoms with Crippen LogP contribution in [0.4, 0.5) is 5.69 Å². The molecule has 0 radical (unpaired) electrons. The Balaban J connectivity index is 1.92. The van der Waals surface area contributed by atoms with Gasteiger partial charge in [0.1, 0.15) is 5.75 Å². The van der Waals surface area contributed by atoms with Gasteiger partial charge >= 0.3 is 0 Å². The van der Waals surface area contributed by atoms with E-state index in [-0.39, 0.29) is 6.10 Å². The summed E-state index contributed by atoms with van der Waals surface area (Å²) >= 11 is 0. The Morgan fingerprint density at radius 3 is 2.84 bits per heavy atom. The van der Waals surface area contributed by atoms with Crippen LogP contribution in [0.25, 0.3) is 0 Å². The molecule has 1 N–H and O–H groups in total. The van der Waals surface area contributed by atoms with Crippen LogP contribution in [0.1, 0.15) is 52.9 Å². The summed E-state index contributed by atoms with van der Waals surface area (Å²) < 4.78 is 5.87. The van der Waals surface area contributed by atoms with E-state index < -0.39 is 0 Å². The van der Waals surface area contributed by atoms with E-state index in [1.165, 1.54) is 31.4 Å². The zero-order chi connectivity index (χ0) is 13.7. The van der Waals surface area contributed by atoms with E-state index in [1.807, 2.05) is 6.07 Å². The Labute approximate surface area is 117 Å². The first-order valence-corrected chi connectivity index (χ1v) is 7.74. The van der Waals surface area contributed by atoms with Crippen molar-refractivity contribution in [1.82, 2.24) is 0 Å². The second-order valence-corrected chi connectivity index (χ2v) is 5.79. The number of hydrogen-bond donors (Lipinski definition) is 1. The third-order valence-corrected chi connectivity index (χ3v) is 4.24. The van der Waals surface area contributed by atoms with E-state index in [2.05, 4.69) is 44.3 Å². The summed E-state index contributed by atoms with van der Waals surface area (Å²) in [5, 5.41) is 3.66. The van der Waals surface area contributed by atoms with Crippen molar-refractivity contribution in [2.75, 3.05) is 5.32 Å². The Kier molecular flexibility index (Phi) is 5.12. The summed E-state index contributed by atoms with van der Waals surface area (Å²) in [4.78, 5) is 0. The molecule has 1 aromatic carbocycles. The van der Waals surface area contributed by atoms with Crippen molar-refractivity contribution in [3.63, 3.8) is 0 Å². The molecule has 0 aliphatic heterocycles. The first-order valence-electron chi connectivity index (χ1n) is 7.74. The number of nitrogens with one attached hydrogen (secondary N) is 1. The van der Waals surface area contributed by atoms with Gasteiger partial charge in [-0.15, -0.1) is 0 Å². The summed E-state index contributed by atoms with van der Waals surface area (Å²) in [6.07, 6.45) is 6.62. The lowest BCUT2D eigenvalue weighted by molar-refractivity contribution is 0.217. The number of ether oxygens (including phenoxy) is 1. The molecule has 2 heteroatoms. The van der Waals surface area contributed by atoms with E-state index in [4.69, 9.17) is 4.74 Å². The van der Waals surface area contributed by atoms with Gasteiger partial charge in [0.15, 0.2) is 0 Å². The van der Waals surface area contributed by atoms with Gasteiger partial charge in [-0.3, -0.25) is 0 Å². The first kappa shape index (κ1) is 14.2. The van der Waals surface area contributed by atoms with Gasteiger partial charge in [-0.05, 0) is 50.7 Å². The highest BCUT2D eigenvalue weighted by Gasteiger charge is 2.22. The van der Waals surface area contributed by atoms with Crippen LogP contribution in [0.3, 0.4) is 0 Å². The first-order chi connectivity index (χ1) is 9.21. The molecular formula is C17H27NO. The Morgan fingerprint density at radius 1 is 1.32 bits per heavy atom. The van der Waals surface area contributed by atoms with Crippen LogP contribution in [0.2, 0.25) is 0 Å². The highest BCUT2D eigenvalue weighted by molar-refractivity contribution is 5.49. The molecule has 3 atom stereocenters. The summed E-state index contributed by atoms with van der Waals surface area (Å²) in [5.74, 6) is 1.89. The second-order valence-electron chi connectivity index (χ2n) is 5.79. The van der Waals surface area contributed by atoms with Crippen LogP contribution in [0, 0.1) is 5.92 Å². The molecule has 0 bridgehead atoms. The third-order valence-electron chi connectivity index (χ3n) is 4.24. The third kappa shape index (κ3) is 4.15. The van der Waals surface area contributed by atoms with Crippen molar-refractivity contribution in [1.29, 1.82) is 0 Å². The maximum absolute atomic E-state index is 5.87. The topological polar surface area (TPSA) is 21.3 Å². The Hall–Kier alpha value is -1.18. The predicted molar refractivity (Wildman–Crippen MR) is 81.9 cm³/mol. The fourth-order valence-electron chi connectivity index (χ4n) is 2.79. The SMILES string of the molecule is CCC1CCC(Nc2cccc(OC(C)CC)c2)C1. The van der Waals surface area contributed by atoms with E-state index in [0.717, 1.165) is 18.1 Å². The second kappa shape index (κ2) is 6.83. The minimum Gasteiger partial charge on any atom is -0.491 e. The molecule has 1 aliphatic rings. The average molecular weight is 261 g/mol. The summed E-state index contributed by atoms with van der Waals surface area (Å²) in [6.45, 7) is 6.56. The molecule has 1 fully saturated rings. The zero-order valence-electron chi connectivity index (χ0n) is 12.5. The van der Waals surface area contributed by atoms with Gasteiger partial charge in [0.25, 0.3) is 0 Å². The summed E-state index contributed by atoms with van der Waals surface area (Å²) in [6, 6.07) is 9.03. The standard InChI is InChI=1S/C17H27NO/c1-4-13(3)19-17-8-6-7-15(12-17)18-16-10-9-14(5-2)11-16/h6-8,12-14,16,18H,4-5,9-11H2,1-3H3. The summed E-state index contributed by atoms with van der Waals surface area (Å²) in [7, 11) is 0. The number of benzene rings is 1. The molecule has 0 aromatic heterocycles. The maximum Gasteiger partial charge on any atom is 0.121 e. The monoisotopic (exact) mass is 261 g/mol. The number of rotatable bonds is 6. The lowest BCUT2D eigenvalue weighted by atomic mass is 10.1. The molecule has 0 heterocycles. The van der Waals surface area contributed by atoms with Gasteiger partial charge in [0, 0.05) is 17.8 Å². The smallest absolute Gasteiger partial charge is 0.121 e. The minimum atomic E-state index is 0.284. The van der Waals surface area contributed by atoms with Gasteiger partial charge in [-0.2, -0.15) is 0 Å². The molecule has 2 nitrogen and oxygen atoms in total. The van der Waals surface area contributed by atoms with Crippen molar-refractivity contribution in [3.8, 4) is 5.75 Å². The molecule has 0 saturated heterocycles. The molecule has 19 heavy (non-hydrogen) atoms. The normalized spacial score (nSPS) is 24.2. The van der Waals surface area contributed by atoms with Crippen molar-refractivity contribution in [2.45, 2.75) is 65.0 Å². The quantitative estimate of drug-likeness (QED) is 0.790. The lowest BCUT2D eigenvalue weighted by Crippen LogP contribution is -2.15. The molecule has 2 rings (SSSR count). The van der Waals surface area contributed by atoms with Crippen LogP contribution in [-0.4, -0.2) is 12.1 Å². The van der Waals surface area contributed by atoms with Crippen molar-refractivity contribution in [2.24, 2.45) is 5.92 Å². The molecule has 1 aliphatic carbocycles. The molecule has 1 saturated carbocycles. The van der Waals surface area contributed by atoms with Crippen LogP contribution in [0.15, 0.2) is 24.3 Å². The van der Waals surface area contributed by atoms with Crippen LogP contribution >= 0.6 is 0 Å². The van der Waals surface area contributed by atoms with Crippen LogP contribution in [0.5, 0.6) is 5.75 Å². The average Bonchev–Trinajstić information content (AvgIpc) is 2.86. The van der Waals surface area contributed by atoms with Crippen molar-refractivity contribution >= 4 is 5.69 Å². The van der Waals surface area contributed by atoms with E-state index in [0.29, 0.717) is 6.04 Å². The minimum absolute atomic E-state index is 0.284. The van der Waals surface area contributed by atoms with Crippen molar-refractivity contribution in [3.05, 3.63) is 24.3 Å². The van der Waals surface area contributed by atoms with Gasteiger partial charge in [-0.1, -0.05) is 26.3 Å². The number of hydrogen-bond acceptors (Lipinski definition) is 2. The molecule has 3 unspecified atom stereocenters. The highest BCUT2D eigenvalue weighted by atomic mass is 16.5. The van der Waals surface area contributed by atoms with Gasteiger partial charge in [0.2, 0.25) is 0 Å². The molecule has 0 spiro atoms. The van der Waals surface area contributed by atoms with Crippen molar-refractivity contribution < 1.29 is 4.74 Å². The van der Waals surface area contributed by atoms with E-state index in [9.17, 15) is 0 Å². The highest BCUT2D eigenvalue weighted by Crippen LogP contribution is 2.30. The predicted octanol–water partition coefficient (Wildman–Crippen LogP) is 4.85. The fourth-order valence-corrected chi connectivity index (χ4v) is 2.79. The maximum atomic E-state index is 5.87. The van der Waals surface area contributed by atoms with Gasteiger partial charge in [-0.25, -0.2) is 0 Å². The van der Waals surface area contributed by atoms with Crippen LogP contribution < -0.4 is 10.1 Å². The van der Waals surface area contributed by atoms with Gasteiger partial charge < -0.3 is 10.1 Å². The molecule has 1 aromatic rings. The van der Waals surface area contributed by atoms with E-state index in [1.54, 1.807) is 0 Å². The molecular weight excluding hydrogens is 234 g/mol. The lowest BCUT2D eigenvalue weighted by Gasteiger charge is -2.17. The van der Waals surface area contributed by atoms with Crippen LogP contribution in [-0.2, 0) is 0 Å². The molecule has 0 amide bonds. The van der Waals surface area contributed by atoms with E-state index >= 15 is 0 Å². The summed E-state index contributed by atoms with van der Waals surface area (Å²) in [5.41, 5.74) is 1.20. The van der Waals surface area contributed by atoms with Gasteiger partial charge in [0.05, 0.1) is 6.10 Å². The Morgan fingerprint density at radius 2 is 2.16 bits per heavy atom. The zero-order valence-corrected chi connectivity index (χ0v) is 12.5. The largest absolute Gasteiger partial charge is 0.491 e. The fraction of sp³-hybridized carbons (Fsp3) is 0.647. The Bertz CT molecular complexity index is 391. The molecule has 106 valence electrons. The number of anilines is 1.